The number of nitrogens with two attached hydrogens (primary N) is 2. The zero-order valence-corrected chi connectivity index (χ0v) is 19.7. The van der Waals surface area contributed by atoms with E-state index in [0.29, 0.717) is 6.54 Å². The van der Waals surface area contributed by atoms with Gasteiger partial charge in [-0.2, -0.15) is 4.99 Å². The molecule has 0 saturated carbocycles. The number of nitrogens with one attached hydrogen (secondary N) is 1. The van der Waals surface area contributed by atoms with Gasteiger partial charge in [0.2, 0.25) is 5.95 Å². The van der Waals surface area contributed by atoms with Gasteiger partial charge in [-0.1, -0.05) is 30.3 Å². The number of hydrogen-bond donors (Lipinski definition) is 3. The lowest BCUT2D eigenvalue weighted by Crippen LogP contribution is -2.46. The number of methoxy groups -OCH3 is 1. The summed E-state index contributed by atoms with van der Waals surface area (Å²) < 4.78 is 5.23. The summed E-state index contributed by atoms with van der Waals surface area (Å²) in [5.41, 5.74) is 14.5. The van der Waals surface area contributed by atoms with Crippen molar-refractivity contribution in [2.75, 3.05) is 38.2 Å². The first-order valence-corrected chi connectivity index (χ1v) is 11.4. The number of ether oxygens (including phenoxy) is 1. The maximum Gasteiger partial charge on any atom is 0.344 e. The van der Waals surface area contributed by atoms with Gasteiger partial charge in [0.1, 0.15) is 5.75 Å². The van der Waals surface area contributed by atoms with Crippen LogP contribution in [0.25, 0.3) is 11.1 Å². The van der Waals surface area contributed by atoms with Crippen molar-refractivity contribution in [2.45, 2.75) is 13.1 Å². The minimum Gasteiger partial charge on any atom is -0.497 e. The number of amides is 2. The van der Waals surface area contributed by atoms with Gasteiger partial charge < -0.3 is 26.4 Å². The van der Waals surface area contributed by atoms with E-state index in [1.807, 2.05) is 48.8 Å². The summed E-state index contributed by atoms with van der Waals surface area (Å²) in [7, 11) is 1.68. The number of aliphatic imine (C=N–C) groups is 1. The van der Waals surface area contributed by atoms with Gasteiger partial charge in [-0.15, -0.1) is 0 Å². The first-order valence-electron chi connectivity index (χ1n) is 11.4. The van der Waals surface area contributed by atoms with Gasteiger partial charge in [-0.3, -0.25) is 4.90 Å². The van der Waals surface area contributed by atoms with Gasteiger partial charge in [-0.25, -0.2) is 14.8 Å². The van der Waals surface area contributed by atoms with Gasteiger partial charge in [-0.05, 0) is 34.9 Å². The minimum absolute atomic E-state index is 0.271. The van der Waals surface area contributed by atoms with Crippen molar-refractivity contribution in [2.24, 2.45) is 16.5 Å². The molecule has 0 atom stereocenters. The molecule has 0 unspecified atom stereocenters. The van der Waals surface area contributed by atoms with E-state index >= 15 is 0 Å². The molecule has 1 aliphatic heterocycles. The number of hydrogen-bond acceptors (Lipinski definition) is 6. The van der Waals surface area contributed by atoms with Crippen molar-refractivity contribution >= 4 is 17.9 Å². The normalized spacial score (nSPS) is 13.8. The van der Waals surface area contributed by atoms with E-state index in [4.69, 9.17) is 16.2 Å². The van der Waals surface area contributed by atoms with Crippen LogP contribution in [0.2, 0.25) is 0 Å². The number of carbonyl (C=O) groups is 1. The smallest absolute Gasteiger partial charge is 0.344 e. The van der Waals surface area contributed by atoms with Crippen LogP contribution in [-0.2, 0) is 13.1 Å². The standard InChI is InChI=1S/C25H30N8O2/c1-35-22-7-5-18(6-8-22)17-32-9-11-33(12-10-32)24-28-15-21(16-29-24)20-4-2-3-19(13-20)14-30-25(34)31-23(26)27/h2-8,13,15-16H,9-12,14,17H2,1H3,(H5,26,27,30,31,34). The molecule has 10 heteroatoms. The van der Waals surface area contributed by atoms with Crippen LogP contribution in [0.5, 0.6) is 5.75 Å². The maximum atomic E-state index is 11.6. The highest BCUT2D eigenvalue weighted by atomic mass is 16.5. The molecule has 4 rings (SSSR count). The molecule has 0 bridgehead atoms. The minimum atomic E-state index is -0.577. The molecule has 0 aliphatic carbocycles. The van der Waals surface area contributed by atoms with Crippen molar-refractivity contribution in [3.63, 3.8) is 0 Å². The van der Waals surface area contributed by atoms with Crippen LogP contribution in [-0.4, -0.2) is 60.1 Å². The van der Waals surface area contributed by atoms with E-state index in [0.717, 1.165) is 61.1 Å². The fourth-order valence-electron chi connectivity index (χ4n) is 3.92. The highest BCUT2D eigenvalue weighted by Crippen LogP contribution is 2.21. The first-order chi connectivity index (χ1) is 17.0. The molecule has 1 saturated heterocycles. The lowest BCUT2D eigenvalue weighted by molar-refractivity contribution is 0.248. The molecule has 5 N–H and O–H groups in total. The third-order valence-corrected chi connectivity index (χ3v) is 5.79. The topological polar surface area (TPSA) is 135 Å². The quantitative estimate of drug-likeness (QED) is 0.349. The van der Waals surface area contributed by atoms with Crippen LogP contribution in [0.3, 0.4) is 0 Å². The average Bonchev–Trinajstić information content (AvgIpc) is 2.88. The number of guanidine groups is 1. The van der Waals surface area contributed by atoms with Gasteiger partial charge in [0, 0.05) is 57.2 Å². The van der Waals surface area contributed by atoms with Gasteiger partial charge in [0.05, 0.1) is 7.11 Å². The number of piperazine rings is 1. The Balaban J connectivity index is 1.31. The van der Waals surface area contributed by atoms with Crippen LogP contribution < -0.4 is 26.4 Å². The van der Waals surface area contributed by atoms with Crippen LogP contribution in [0.4, 0.5) is 10.7 Å². The molecule has 3 aromatic rings. The zero-order valence-electron chi connectivity index (χ0n) is 19.7. The van der Waals surface area contributed by atoms with Crippen molar-refractivity contribution in [1.82, 2.24) is 20.2 Å². The molecule has 2 heterocycles. The van der Waals surface area contributed by atoms with Crippen LogP contribution in [0, 0.1) is 0 Å². The van der Waals surface area contributed by atoms with E-state index in [9.17, 15) is 4.79 Å². The predicted octanol–water partition coefficient (Wildman–Crippen LogP) is 1.96. The lowest BCUT2D eigenvalue weighted by Gasteiger charge is -2.34. The number of nitrogens with zero attached hydrogens (tertiary/aromatic N) is 5. The van der Waals surface area contributed by atoms with E-state index < -0.39 is 6.03 Å². The summed E-state index contributed by atoms with van der Waals surface area (Å²) in [5.74, 6) is 1.34. The Morgan fingerprint density at radius 1 is 1.00 bits per heavy atom. The van der Waals surface area contributed by atoms with E-state index in [-0.39, 0.29) is 5.96 Å². The van der Waals surface area contributed by atoms with Crippen molar-refractivity contribution in [3.8, 4) is 16.9 Å². The second-order valence-corrected chi connectivity index (χ2v) is 8.28. The molecule has 0 spiro atoms. The summed E-state index contributed by atoms with van der Waals surface area (Å²) in [4.78, 5) is 28.9. The molecule has 2 amide bonds. The van der Waals surface area contributed by atoms with Crippen LogP contribution >= 0.6 is 0 Å². The summed E-state index contributed by atoms with van der Waals surface area (Å²) in [6.07, 6.45) is 3.67. The lowest BCUT2D eigenvalue weighted by atomic mass is 10.1. The third kappa shape index (κ3) is 6.67. The molecular formula is C25H30N8O2. The maximum absolute atomic E-state index is 11.6. The summed E-state index contributed by atoms with van der Waals surface area (Å²) in [6.45, 7) is 4.88. The molecular weight excluding hydrogens is 444 g/mol. The van der Waals surface area contributed by atoms with Gasteiger partial charge in [0.15, 0.2) is 5.96 Å². The van der Waals surface area contributed by atoms with Crippen LogP contribution in [0.1, 0.15) is 11.1 Å². The Hall–Kier alpha value is -4.18. The summed E-state index contributed by atoms with van der Waals surface area (Å²) in [5, 5.41) is 2.65. The molecule has 1 aromatic heterocycles. The van der Waals surface area contributed by atoms with Crippen molar-refractivity contribution < 1.29 is 9.53 Å². The van der Waals surface area contributed by atoms with Gasteiger partial charge >= 0.3 is 6.03 Å². The molecule has 35 heavy (non-hydrogen) atoms. The average molecular weight is 475 g/mol. The molecule has 10 nitrogen and oxygen atoms in total. The second kappa shape index (κ2) is 11.3. The Kier molecular flexibility index (Phi) is 7.74. The highest BCUT2D eigenvalue weighted by molar-refractivity contribution is 5.90. The number of urea groups is 1. The Labute approximate surface area is 204 Å². The summed E-state index contributed by atoms with van der Waals surface area (Å²) in [6, 6.07) is 15.4. The number of rotatable bonds is 7. The Morgan fingerprint density at radius 2 is 1.71 bits per heavy atom. The fraction of sp³-hybridized carbons (Fsp3) is 0.280. The molecule has 2 aromatic carbocycles. The van der Waals surface area contributed by atoms with Crippen molar-refractivity contribution in [1.29, 1.82) is 0 Å². The summed E-state index contributed by atoms with van der Waals surface area (Å²) >= 11 is 0. The van der Waals surface area contributed by atoms with Crippen LogP contribution in [0.15, 0.2) is 65.9 Å². The monoisotopic (exact) mass is 474 g/mol. The van der Waals surface area contributed by atoms with Gasteiger partial charge in [0.25, 0.3) is 0 Å². The number of aromatic nitrogens is 2. The number of benzene rings is 2. The number of carbonyl (C=O) groups excluding carboxylic acids is 1. The van der Waals surface area contributed by atoms with E-state index in [2.05, 4.69) is 42.2 Å². The molecule has 1 fully saturated rings. The Bertz CT molecular complexity index is 1150. The van der Waals surface area contributed by atoms with E-state index in [1.165, 1.54) is 5.56 Å². The molecule has 1 aliphatic rings. The SMILES string of the molecule is COc1ccc(CN2CCN(c3ncc(-c4cccc(CNC(=O)N=C(N)N)c4)cn3)CC2)cc1. The second-order valence-electron chi connectivity index (χ2n) is 8.28. The predicted molar refractivity (Wildman–Crippen MR) is 136 cm³/mol. The largest absolute Gasteiger partial charge is 0.497 e. The highest BCUT2D eigenvalue weighted by Gasteiger charge is 2.19. The first kappa shape index (κ1) is 24.0. The zero-order chi connectivity index (χ0) is 24.6. The third-order valence-electron chi connectivity index (χ3n) is 5.79. The van der Waals surface area contributed by atoms with E-state index in [1.54, 1.807) is 7.11 Å². The number of anilines is 1. The van der Waals surface area contributed by atoms with Crippen molar-refractivity contribution in [3.05, 3.63) is 72.1 Å². The molecule has 0 radical (unpaired) electrons. The molecule has 182 valence electrons. The fourth-order valence-corrected chi connectivity index (χ4v) is 3.92. The Morgan fingerprint density at radius 3 is 2.37 bits per heavy atom.